The third-order valence-corrected chi connectivity index (χ3v) is 3.18. The van der Waals surface area contributed by atoms with Crippen LogP contribution in [-0.4, -0.2) is 0 Å². The zero-order valence-electron chi connectivity index (χ0n) is 10.0. The maximum absolute atomic E-state index is 5.83. The van der Waals surface area contributed by atoms with Crippen LogP contribution in [0.25, 0.3) is 0 Å². The van der Waals surface area contributed by atoms with Crippen LogP contribution in [0.3, 0.4) is 0 Å². The first kappa shape index (κ1) is 12.2. The van der Waals surface area contributed by atoms with E-state index in [1.165, 1.54) is 16.7 Å². The Morgan fingerprint density at radius 3 is 2.41 bits per heavy atom. The van der Waals surface area contributed by atoms with E-state index in [4.69, 9.17) is 4.74 Å². The van der Waals surface area contributed by atoms with Gasteiger partial charge in [0.1, 0.15) is 12.4 Å². The van der Waals surface area contributed by atoms with E-state index in [0.717, 1.165) is 10.2 Å². The number of hydrogen-bond acceptors (Lipinski definition) is 1. The lowest BCUT2D eigenvalue weighted by Gasteiger charge is -2.10. The number of halogens is 1. The van der Waals surface area contributed by atoms with Gasteiger partial charge in [0.25, 0.3) is 0 Å². The van der Waals surface area contributed by atoms with E-state index in [9.17, 15) is 0 Å². The standard InChI is InChI=1S/C15H15BrO/c1-11-3-4-12(2)15(9-11)17-10-13-5-7-14(16)8-6-13/h3-9H,10H2,1-2H3. The quantitative estimate of drug-likeness (QED) is 0.800. The van der Waals surface area contributed by atoms with Crippen molar-refractivity contribution >= 4 is 15.9 Å². The molecule has 0 aliphatic heterocycles. The summed E-state index contributed by atoms with van der Waals surface area (Å²) in [6, 6.07) is 14.5. The van der Waals surface area contributed by atoms with Gasteiger partial charge in [-0.05, 0) is 48.7 Å². The minimum atomic E-state index is 0.609. The second-order valence-corrected chi connectivity index (χ2v) is 5.10. The summed E-state index contributed by atoms with van der Waals surface area (Å²) in [6.07, 6.45) is 0. The zero-order chi connectivity index (χ0) is 12.3. The average molecular weight is 291 g/mol. The largest absolute Gasteiger partial charge is 0.489 e. The van der Waals surface area contributed by atoms with Gasteiger partial charge in [0.05, 0.1) is 0 Å². The van der Waals surface area contributed by atoms with E-state index in [1.807, 2.05) is 12.1 Å². The molecule has 2 aromatic rings. The highest BCUT2D eigenvalue weighted by Gasteiger charge is 2.00. The number of hydrogen-bond donors (Lipinski definition) is 0. The minimum Gasteiger partial charge on any atom is -0.489 e. The molecule has 0 unspecified atom stereocenters. The highest BCUT2D eigenvalue weighted by Crippen LogP contribution is 2.20. The third kappa shape index (κ3) is 3.34. The van der Waals surface area contributed by atoms with Gasteiger partial charge < -0.3 is 4.74 Å². The first-order valence-electron chi connectivity index (χ1n) is 5.59. The SMILES string of the molecule is Cc1ccc(C)c(OCc2ccc(Br)cc2)c1. The maximum Gasteiger partial charge on any atom is 0.122 e. The van der Waals surface area contributed by atoms with Crippen LogP contribution in [0, 0.1) is 13.8 Å². The van der Waals surface area contributed by atoms with Crippen LogP contribution in [0.1, 0.15) is 16.7 Å². The maximum atomic E-state index is 5.83. The molecule has 0 bridgehead atoms. The molecule has 0 saturated heterocycles. The first-order valence-corrected chi connectivity index (χ1v) is 6.39. The van der Waals surface area contributed by atoms with Crippen LogP contribution in [0.4, 0.5) is 0 Å². The Bertz CT molecular complexity index is 503. The van der Waals surface area contributed by atoms with Gasteiger partial charge in [-0.15, -0.1) is 0 Å². The number of aryl methyl sites for hydroxylation is 2. The van der Waals surface area contributed by atoms with Crippen molar-refractivity contribution in [3.63, 3.8) is 0 Å². The summed E-state index contributed by atoms with van der Waals surface area (Å²) >= 11 is 3.42. The van der Waals surface area contributed by atoms with Gasteiger partial charge in [-0.25, -0.2) is 0 Å². The van der Waals surface area contributed by atoms with Crippen molar-refractivity contribution in [1.29, 1.82) is 0 Å². The molecule has 0 radical (unpaired) electrons. The fourth-order valence-corrected chi connectivity index (χ4v) is 1.87. The van der Waals surface area contributed by atoms with E-state index in [2.05, 4.69) is 60.1 Å². The summed E-state index contributed by atoms with van der Waals surface area (Å²) in [5.41, 5.74) is 3.57. The molecule has 0 fully saturated rings. The predicted molar refractivity (Wildman–Crippen MR) is 74.4 cm³/mol. The van der Waals surface area contributed by atoms with Crippen LogP contribution in [-0.2, 0) is 6.61 Å². The second-order valence-electron chi connectivity index (χ2n) is 4.18. The molecule has 17 heavy (non-hydrogen) atoms. The molecule has 0 atom stereocenters. The van der Waals surface area contributed by atoms with E-state index in [0.29, 0.717) is 6.61 Å². The Labute approximate surface area is 111 Å². The minimum absolute atomic E-state index is 0.609. The molecule has 1 nitrogen and oxygen atoms in total. The average Bonchev–Trinajstić information content (AvgIpc) is 2.32. The monoisotopic (exact) mass is 290 g/mol. The summed E-state index contributed by atoms with van der Waals surface area (Å²) in [7, 11) is 0. The Morgan fingerprint density at radius 1 is 1.00 bits per heavy atom. The summed E-state index contributed by atoms with van der Waals surface area (Å²) in [5, 5.41) is 0. The molecule has 0 heterocycles. The normalized spacial score (nSPS) is 10.3. The molecule has 2 rings (SSSR count). The van der Waals surface area contributed by atoms with E-state index in [1.54, 1.807) is 0 Å². The lowest BCUT2D eigenvalue weighted by Crippen LogP contribution is -1.97. The molecule has 2 heteroatoms. The van der Waals surface area contributed by atoms with Crippen molar-refractivity contribution in [1.82, 2.24) is 0 Å². The molecule has 0 amide bonds. The second kappa shape index (κ2) is 5.37. The number of ether oxygens (including phenoxy) is 1. The van der Waals surface area contributed by atoms with Gasteiger partial charge in [0.2, 0.25) is 0 Å². The summed E-state index contributed by atoms with van der Waals surface area (Å²) in [6.45, 7) is 4.75. The molecule has 0 N–H and O–H groups in total. The molecular formula is C15H15BrO. The van der Waals surface area contributed by atoms with Crippen molar-refractivity contribution in [2.75, 3.05) is 0 Å². The van der Waals surface area contributed by atoms with E-state index >= 15 is 0 Å². The smallest absolute Gasteiger partial charge is 0.122 e. The van der Waals surface area contributed by atoms with Crippen molar-refractivity contribution in [3.05, 3.63) is 63.6 Å². The number of rotatable bonds is 3. The highest BCUT2D eigenvalue weighted by molar-refractivity contribution is 9.10. The van der Waals surface area contributed by atoms with E-state index < -0.39 is 0 Å². The van der Waals surface area contributed by atoms with Gasteiger partial charge in [-0.3, -0.25) is 0 Å². The van der Waals surface area contributed by atoms with Gasteiger partial charge in [-0.1, -0.05) is 40.2 Å². The van der Waals surface area contributed by atoms with Crippen LogP contribution >= 0.6 is 15.9 Å². The molecule has 0 aliphatic rings. The van der Waals surface area contributed by atoms with Crippen molar-refractivity contribution < 1.29 is 4.74 Å². The van der Waals surface area contributed by atoms with Gasteiger partial charge >= 0.3 is 0 Å². The Hall–Kier alpha value is -1.28. The summed E-state index contributed by atoms with van der Waals surface area (Å²) in [4.78, 5) is 0. The lowest BCUT2D eigenvalue weighted by atomic mass is 10.1. The third-order valence-electron chi connectivity index (χ3n) is 2.65. The molecule has 0 aliphatic carbocycles. The number of benzene rings is 2. The molecular weight excluding hydrogens is 276 g/mol. The molecule has 0 saturated carbocycles. The van der Waals surface area contributed by atoms with E-state index in [-0.39, 0.29) is 0 Å². The summed E-state index contributed by atoms with van der Waals surface area (Å²) in [5.74, 6) is 0.966. The molecule has 0 spiro atoms. The van der Waals surface area contributed by atoms with Crippen molar-refractivity contribution in [2.24, 2.45) is 0 Å². The molecule has 2 aromatic carbocycles. The fraction of sp³-hybridized carbons (Fsp3) is 0.200. The van der Waals surface area contributed by atoms with Gasteiger partial charge in [0, 0.05) is 4.47 Å². The van der Waals surface area contributed by atoms with Crippen LogP contribution in [0.2, 0.25) is 0 Å². The van der Waals surface area contributed by atoms with Crippen LogP contribution in [0.15, 0.2) is 46.9 Å². The zero-order valence-corrected chi connectivity index (χ0v) is 11.6. The lowest BCUT2D eigenvalue weighted by molar-refractivity contribution is 0.304. The topological polar surface area (TPSA) is 9.23 Å². The predicted octanol–water partition coefficient (Wildman–Crippen LogP) is 4.64. The van der Waals surface area contributed by atoms with Crippen molar-refractivity contribution in [3.8, 4) is 5.75 Å². The van der Waals surface area contributed by atoms with Gasteiger partial charge in [-0.2, -0.15) is 0 Å². The highest BCUT2D eigenvalue weighted by atomic mass is 79.9. The van der Waals surface area contributed by atoms with Gasteiger partial charge in [0.15, 0.2) is 0 Å². The van der Waals surface area contributed by atoms with Crippen LogP contribution in [0.5, 0.6) is 5.75 Å². The fourth-order valence-electron chi connectivity index (χ4n) is 1.60. The first-order chi connectivity index (χ1) is 8.15. The Morgan fingerprint density at radius 2 is 1.71 bits per heavy atom. The molecule has 88 valence electrons. The van der Waals surface area contributed by atoms with Crippen LogP contribution < -0.4 is 4.74 Å². The Balaban J connectivity index is 2.07. The molecule has 0 aromatic heterocycles. The summed E-state index contributed by atoms with van der Waals surface area (Å²) < 4.78 is 6.92. The van der Waals surface area contributed by atoms with Crippen molar-refractivity contribution in [2.45, 2.75) is 20.5 Å². The Kier molecular flexibility index (Phi) is 3.85.